The third-order valence-electron chi connectivity index (χ3n) is 3.61. The quantitative estimate of drug-likeness (QED) is 0.583. The molecule has 0 aliphatic heterocycles. The molecule has 5 nitrogen and oxygen atoms in total. The highest BCUT2D eigenvalue weighted by molar-refractivity contribution is 5.98. The minimum atomic E-state index is -0.466. The maximum absolute atomic E-state index is 11.3. The van der Waals surface area contributed by atoms with Crippen molar-refractivity contribution in [2.75, 3.05) is 7.05 Å². The number of aryl methyl sites for hydroxylation is 1. The van der Waals surface area contributed by atoms with Gasteiger partial charge in [0.05, 0.1) is 0 Å². The normalized spacial score (nSPS) is 11.0. The Balaban J connectivity index is 2.21. The van der Waals surface area contributed by atoms with Crippen LogP contribution in [0.25, 0.3) is 22.1 Å². The lowest BCUT2D eigenvalue weighted by molar-refractivity contribution is -0.400. The fourth-order valence-corrected chi connectivity index (χ4v) is 2.60. The van der Waals surface area contributed by atoms with Crippen LogP contribution in [0.3, 0.4) is 0 Å². The second kappa shape index (κ2) is 5.61. The highest BCUT2D eigenvalue weighted by atomic mass is 16.6. The predicted molar refractivity (Wildman–Crippen MR) is 85.8 cm³/mol. The van der Waals surface area contributed by atoms with E-state index >= 15 is 0 Å². The SMILES string of the molecule is CNCc1ccc(-c2c([N+](=O)[O-])oc3ccc(C)cc23)cc1. The summed E-state index contributed by atoms with van der Waals surface area (Å²) in [5.41, 5.74) is 4.02. The van der Waals surface area contributed by atoms with Crippen molar-refractivity contribution >= 4 is 16.9 Å². The molecule has 1 aromatic heterocycles. The van der Waals surface area contributed by atoms with Crippen molar-refractivity contribution in [1.29, 1.82) is 0 Å². The molecule has 1 N–H and O–H groups in total. The van der Waals surface area contributed by atoms with Crippen molar-refractivity contribution in [3.05, 3.63) is 63.7 Å². The Labute approximate surface area is 127 Å². The van der Waals surface area contributed by atoms with Gasteiger partial charge in [-0.25, -0.2) is 0 Å². The largest absolute Gasteiger partial charge is 0.442 e. The number of hydrogen-bond donors (Lipinski definition) is 1. The molecule has 5 heteroatoms. The van der Waals surface area contributed by atoms with E-state index in [4.69, 9.17) is 4.42 Å². The van der Waals surface area contributed by atoms with Crippen molar-refractivity contribution < 1.29 is 9.34 Å². The van der Waals surface area contributed by atoms with Gasteiger partial charge in [0, 0.05) is 11.9 Å². The van der Waals surface area contributed by atoms with Gasteiger partial charge >= 0.3 is 5.88 Å². The summed E-state index contributed by atoms with van der Waals surface area (Å²) in [5.74, 6) is -0.207. The molecule has 0 bridgehead atoms. The summed E-state index contributed by atoms with van der Waals surface area (Å²) >= 11 is 0. The van der Waals surface area contributed by atoms with Crippen LogP contribution >= 0.6 is 0 Å². The summed E-state index contributed by atoms with van der Waals surface area (Å²) in [6.07, 6.45) is 0. The highest BCUT2D eigenvalue weighted by Gasteiger charge is 2.25. The molecule has 0 unspecified atom stereocenters. The molecule has 3 rings (SSSR count). The maximum atomic E-state index is 11.3. The number of nitrogens with zero attached hydrogens (tertiary/aromatic N) is 1. The van der Waals surface area contributed by atoms with E-state index in [0.717, 1.165) is 28.6 Å². The Morgan fingerprint density at radius 1 is 1.18 bits per heavy atom. The zero-order chi connectivity index (χ0) is 15.7. The minimum Gasteiger partial charge on any atom is -0.400 e. The molecule has 0 saturated heterocycles. The van der Waals surface area contributed by atoms with Crippen LogP contribution in [0.15, 0.2) is 46.9 Å². The zero-order valence-corrected chi connectivity index (χ0v) is 12.4. The standard InChI is InChI=1S/C17H16N2O3/c1-11-3-8-15-14(9-11)16(17(22-15)19(20)21)13-6-4-12(5-7-13)10-18-2/h3-9,18H,10H2,1-2H3. The third-order valence-corrected chi connectivity index (χ3v) is 3.61. The fraction of sp³-hybridized carbons (Fsp3) is 0.176. The van der Waals surface area contributed by atoms with Gasteiger partial charge in [0.2, 0.25) is 0 Å². The molecule has 0 radical (unpaired) electrons. The molecule has 0 saturated carbocycles. The Morgan fingerprint density at radius 2 is 1.91 bits per heavy atom. The number of nitrogens with one attached hydrogen (secondary N) is 1. The van der Waals surface area contributed by atoms with Crippen molar-refractivity contribution in [2.45, 2.75) is 13.5 Å². The summed E-state index contributed by atoms with van der Waals surface area (Å²) in [5, 5.41) is 15.2. The molecule has 22 heavy (non-hydrogen) atoms. The lowest BCUT2D eigenvalue weighted by atomic mass is 10.0. The van der Waals surface area contributed by atoms with E-state index in [1.165, 1.54) is 0 Å². The molecular weight excluding hydrogens is 280 g/mol. The Morgan fingerprint density at radius 3 is 2.55 bits per heavy atom. The van der Waals surface area contributed by atoms with Crippen molar-refractivity contribution in [2.24, 2.45) is 0 Å². The first-order valence-electron chi connectivity index (χ1n) is 7.01. The Kier molecular flexibility index (Phi) is 3.65. The number of rotatable bonds is 4. The summed E-state index contributed by atoms with van der Waals surface area (Å²) < 4.78 is 5.44. The van der Waals surface area contributed by atoms with E-state index in [2.05, 4.69) is 5.32 Å². The van der Waals surface area contributed by atoms with Gasteiger partial charge in [-0.1, -0.05) is 35.9 Å². The molecular formula is C17H16N2O3. The van der Waals surface area contributed by atoms with Crippen LogP contribution in [0.5, 0.6) is 0 Å². The Bertz CT molecular complexity index is 835. The first kappa shape index (κ1) is 14.3. The first-order valence-corrected chi connectivity index (χ1v) is 7.01. The second-order valence-corrected chi connectivity index (χ2v) is 5.27. The van der Waals surface area contributed by atoms with Crippen LogP contribution in [0, 0.1) is 17.0 Å². The van der Waals surface area contributed by atoms with Gasteiger partial charge in [-0.2, -0.15) is 0 Å². The van der Waals surface area contributed by atoms with Crippen molar-refractivity contribution in [1.82, 2.24) is 5.32 Å². The van der Waals surface area contributed by atoms with Gasteiger partial charge < -0.3 is 9.73 Å². The van der Waals surface area contributed by atoms with Crippen molar-refractivity contribution in [3.63, 3.8) is 0 Å². The monoisotopic (exact) mass is 296 g/mol. The molecule has 1 heterocycles. The molecule has 112 valence electrons. The van der Waals surface area contributed by atoms with Gasteiger partial charge in [-0.3, -0.25) is 10.1 Å². The summed E-state index contributed by atoms with van der Waals surface area (Å²) in [7, 11) is 1.88. The van der Waals surface area contributed by atoms with E-state index in [9.17, 15) is 10.1 Å². The average Bonchev–Trinajstić information content (AvgIpc) is 2.87. The Hall–Kier alpha value is -2.66. The van der Waals surface area contributed by atoms with Crippen LogP contribution in [-0.2, 0) is 6.54 Å². The molecule has 2 aromatic carbocycles. The second-order valence-electron chi connectivity index (χ2n) is 5.27. The van der Waals surface area contributed by atoms with Crippen LogP contribution < -0.4 is 5.32 Å². The molecule has 0 aliphatic rings. The molecule has 0 aliphatic carbocycles. The van der Waals surface area contributed by atoms with Gasteiger partial charge in [0.25, 0.3) is 0 Å². The van der Waals surface area contributed by atoms with E-state index in [0.29, 0.717) is 11.1 Å². The number of nitro groups is 1. The topological polar surface area (TPSA) is 68.3 Å². The molecule has 0 amide bonds. The lowest BCUT2D eigenvalue weighted by Crippen LogP contribution is -2.04. The fourth-order valence-electron chi connectivity index (χ4n) is 2.60. The predicted octanol–water partition coefficient (Wildman–Crippen LogP) is 4.04. The number of furan rings is 1. The van der Waals surface area contributed by atoms with E-state index in [-0.39, 0.29) is 5.88 Å². The summed E-state index contributed by atoms with van der Waals surface area (Å²) in [6.45, 7) is 2.71. The maximum Gasteiger partial charge on any atom is 0.442 e. The molecule has 0 fully saturated rings. The molecule has 0 atom stereocenters. The van der Waals surface area contributed by atoms with Crippen LogP contribution in [0.1, 0.15) is 11.1 Å². The van der Waals surface area contributed by atoms with Gasteiger partial charge in [-0.05, 0) is 37.2 Å². The highest BCUT2D eigenvalue weighted by Crippen LogP contribution is 2.40. The summed E-state index contributed by atoms with van der Waals surface area (Å²) in [4.78, 5) is 10.9. The van der Waals surface area contributed by atoms with Crippen LogP contribution in [0.2, 0.25) is 0 Å². The van der Waals surface area contributed by atoms with Crippen molar-refractivity contribution in [3.8, 4) is 11.1 Å². The van der Waals surface area contributed by atoms with E-state index < -0.39 is 4.92 Å². The first-order chi connectivity index (χ1) is 10.6. The van der Waals surface area contributed by atoms with Gasteiger partial charge in [0.15, 0.2) is 0 Å². The number of benzene rings is 2. The minimum absolute atomic E-state index is 0.207. The van der Waals surface area contributed by atoms with Gasteiger partial charge in [-0.15, -0.1) is 0 Å². The summed E-state index contributed by atoms with van der Waals surface area (Å²) in [6, 6.07) is 13.3. The van der Waals surface area contributed by atoms with E-state index in [1.807, 2.05) is 50.4 Å². The van der Waals surface area contributed by atoms with Crippen LogP contribution in [0.4, 0.5) is 5.88 Å². The third kappa shape index (κ3) is 2.46. The number of fused-ring (bicyclic) bond motifs is 1. The molecule has 0 spiro atoms. The lowest BCUT2D eigenvalue weighted by Gasteiger charge is -2.03. The van der Waals surface area contributed by atoms with Gasteiger partial charge in [0.1, 0.15) is 16.1 Å². The molecule has 3 aromatic rings. The average molecular weight is 296 g/mol. The van der Waals surface area contributed by atoms with Crippen LogP contribution in [-0.4, -0.2) is 12.0 Å². The zero-order valence-electron chi connectivity index (χ0n) is 12.4. The number of hydrogen-bond acceptors (Lipinski definition) is 4. The smallest absolute Gasteiger partial charge is 0.400 e. The van der Waals surface area contributed by atoms with E-state index in [1.54, 1.807) is 6.07 Å².